The van der Waals surface area contributed by atoms with Crippen molar-refractivity contribution >= 4 is 27.5 Å². The van der Waals surface area contributed by atoms with Crippen LogP contribution in [0, 0.1) is 11.7 Å². The fourth-order valence-electron chi connectivity index (χ4n) is 2.79. The van der Waals surface area contributed by atoms with Gasteiger partial charge in [0.15, 0.2) is 0 Å². The third-order valence-electron chi connectivity index (χ3n) is 3.74. The maximum atomic E-state index is 13.8. The lowest BCUT2D eigenvalue weighted by Crippen LogP contribution is -2.08. The third kappa shape index (κ3) is 2.56. The highest BCUT2D eigenvalue weighted by molar-refractivity contribution is 9.09. The van der Waals surface area contributed by atoms with Crippen molar-refractivity contribution in [3.05, 3.63) is 70.0 Å². The molecule has 1 aliphatic rings. The largest absolute Gasteiger partial charge is 0.207 e. The molecule has 0 aliphatic heterocycles. The molecule has 2 unspecified atom stereocenters. The topological polar surface area (TPSA) is 0 Å². The van der Waals surface area contributed by atoms with Crippen molar-refractivity contribution in [1.82, 2.24) is 0 Å². The van der Waals surface area contributed by atoms with Gasteiger partial charge >= 0.3 is 0 Å². The molecule has 2 aromatic carbocycles. The van der Waals surface area contributed by atoms with Gasteiger partial charge in [0.1, 0.15) is 5.82 Å². The number of alkyl halides is 1. The summed E-state index contributed by atoms with van der Waals surface area (Å²) in [6.45, 7) is 0. The van der Waals surface area contributed by atoms with Crippen LogP contribution in [0.2, 0.25) is 5.02 Å². The fraction of sp³-hybridized carbons (Fsp3) is 0.250. The molecule has 0 spiro atoms. The molecule has 3 heteroatoms. The van der Waals surface area contributed by atoms with E-state index < -0.39 is 0 Å². The van der Waals surface area contributed by atoms with E-state index in [1.54, 1.807) is 12.1 Å². The summed E-state index contributed by atoms with van der Waals surface area (Å²) in [5.74, 6) is 0.213. The summed E-state index contributed by atoms with van der Waals surface area (Å²) in [4.78, 5) is 0.294. The minimum atomic E-state index is -0.167. The molecule has 2 aromatic rings. The second-order valence-corrected chi connectivity index (χ2v) is 6.43. The van der Waals surface area contributed by atoms with Crippen LogP contribution in [0.15, 0.2) is 42.5 Å². The molecule has 0 aromatic heterocycles. The average molecular weight is 340 g/mol. The lowest BCUT2D eigenvalue weighted by molar-refractivity contribution is 0.527. The zero-order valence-corrected chi connectivity index (χ0v) is 12.6. The van der Waals surface area contributed by atoms with Crippen molar-refractivity contribution in [2.45, 2.75) is 17.7 Å². The van der Waals surface area contributed by atoms with Crippen LogP contribution >= 0.6 is 27.5 Å². The quantitative estimate of drug-likeness (QED) is 0.649. The summed E-state index contributed by atoms with van der Waals surface area (Å²) >= 11 is 9.70. The highest BCUT2D eigenvalue weighted by Crippen LogP contribution is 2.43. The van der Waals surface area contributed by atoms with Gasteiger partial charge in [-0.1, -0.05) is 51.8 Å². The van der Waals surface area contributed by atoms with Crippen molar-refractivity contribution in [3.63, 3.8) is 0 Å². The summed E-state index contributed by atoms with van der Waals surface area (Å²) < 4.78 is 13.8. The molecule has 0 nitrogen and oxygen atoms in total. The Kier molecular flexibility index (Phi) is 3.64. The molecule has 0 fully saturated rings. The predicted octanol–water partition coefficient (Wildman–Crippen LogP) is 5.33. The van der Waals surface area contributed by atoms with E-state index in [0.717, 1.165) is 6.42 Å². The van der Waals surface area contributed by atoms with E-state index in [1.807, 2.05) is 0 Å². The van der Waals surface area contributed by atoms with Crippen molar-refractivity contribution in [2.24, 2.45) is 5.92 Å². The van der Waals surface area contributed by atoms with Crippen molar-refractivity contribution in [1.29, 1.82) is 0 Å². The number of benzene rings is 2. The van der Waals surface area contributed by atoms with Gasteiger partial charge in [0.05, 0.1) is 0 Å². The summed E-state index contributed by atoms with van der Waals surface area (Å²) in [5.41, 5.74) is 3.39. The zero-order chi connectivity index (χ0) is 13.4. The van der Waals surface area contributed by atoms with Crippen molar-refractivity contribution in [2.75, 3.05) is 0 Å². The van der Waals surface area contributed by atoms with E-state index >= 15 is 0 Å². The van der Waals surface area contributed by atoms with Crippen LogP contribution in [-0.4, -0.2) is 0 Å². The lowest BCUT2D eigenvalue weighted by Gasteiger charge is -2.15. The van der Waals surface area contributed by atoms with Gasteiger partial charge in [0.2, 0.25) is 0 Å². The van der Waals surface area contributed by atoms with E-state index in [2.05, 4.69) is 40.2 Å². The minimum Gasteiger partial charge on any atom is -0.207 e. The summed E-state index contributed by atoms with van der Waals surface area (Å²) in [7, 11) is 0. The Hall–Kier alpha value is -0.860. The molecule has 0 saturated heterocycles. The van der Waals surface area contributed by atoms with Crippen LogP contribution in [0.1, 0.15) is 21.5 Å². The highest BCUT2D eigenvalue weighted by Gasteiger charge is 2.30. The Labute approximate surface area is 125 Å². The maximum absolute atomic E-state index is 13.8. The normalized spacial score (nSPS) is 21.4. The lowest BCUT2D eigenvalue weighted by atomic mass is 9.96. The number of halogens is 3. The van der Waals surface area contributed by atoms with Crippen LogP contribution in [-0.2, 0) is 12.8 Å². The Balaban J connectivity index is 1.85. The number of hydrogen-bond acceptors (Lipinski definition) is 0. The first-order chi connectivity index (χ1) is 9.15. The Morgan fingerprint density at radius 1 is 1.21 bits per heavy atom. The second-order valence-electron chi connectivity index (χ2n) is 5.00. The average Bonchev–Trinajstić information content (AvgIpc) is 2.72. The molecule has 0 N–H and O–H groups in total. The third-order valence-corrected chi connectivity index (χ3v) is 5.21. The van der Waals surface area contributed by atoms with E-state index in [4.69, 9.17) is 11.6 Å². The Morgan fingerprint density at radius 3 is 2.79 bits per heavy atom. The van der Waals surface area contributed by atoms with Crippen LogP contribution in [0.5, 0.6) is 0 Å². The molecule has 0 bridgehead atoms. The zero-order valence-electron chi connectivity index (χ0n) is 10.2. The van der Waals surface area contributed by atoms with Gasteiger partial charge in [-0.25, -0.2) is 4.39 Å². The van der Waals surface area contributed by atoms with Crippen molar-refractivity contribution < 1.29 is 4.39 Å². The molecule has 3 rings (SSSR count). The first-order valence-electron chi connectivity index (χ1n) is 6.31. The van der Waals surface area contributed by atoms with Crippen LogP contribution in [0.25, 0.3) is 0 Å². The van der Waals surface area contributed by atoms with Gasteiger partial charge in [-0.15, -0.1) is 0 Å². The first-order valence-corrected chi connectivity index (χ1v) is 7.60. The van der Waals surface area contributed by atoms with E-state index in [-0.39, 0.29) is 5.82 Å². The van der Waals surface area contributed by atoms with E-state index in [0.29, 0.717) is 27.8 Å². The van der Waals surface area contributed by atoms with Crippen LogP contribution in [0.4, 0.5) is 4.39 Å². The van der Waals surface area contributed by atoms with Gasteiger partial charge in [-0.3, -0.25) is 0 Å². The van der Waals surface area contributed by atoms with Crippen molar-refractivity contribution in [3.8, 4) is 0 Å². The highest BCUT2D eigenvalue weighted by atomic mass is 79.9. The molecule has 0 saturated carbocycles. The maximum Gasteiger partial charge on any atom is 0.126 e. The second kappa shape index (κ2) is 5.26. The summed E-state index contributed by atoms with van der Waals surface area (Å²) in [6.07, 6.45) is 1.69. The number of rotatable bonds is 2. The van der Waals surface area contributed by atoms with Gasteiger partial charge in [-0.2, -0.15) is 0 Å². The van der Waals surface area contributed by atoms with Gasteiger partial charge in [0, 0.05) is 9.85 Å². The fourth-order valence-corrected chi connectivity index (χ4v) is 3.80. The molecular weight excluding hydrogens is 327 g/mol. The summed E-state index contributed by atoms with van der Waals surface area (Å²) in [6, 6.07) is 13.2. The molecule has 2 atom stereocenters. The SMILES string of the molecule is Fc1ccc(Cl)cc1CC1Cc2ccccc2C1Br. The molecule has 0 heterocycles. The van der Waals surface area contributed by atoms with E-state index in [9.17, 15) is 4.39 Å². The molecule has 0 amide bonds. The minimum absolute atomic E-state index is 0.167. The number of hydrogen-bond donors (Lipinski definition) is 0. The molecule has 0 radical (unpaired) electrons. The standard InChI is InChI=1S/C16H13BrClF/c17-16-12(7-10-3-1-2-4-14(10)16)8-11-9-13(18)5-6-15(11)19/h1-6,9,12,16H,7-8H2. The van der Waals surface area contributed by atoms with Gasteiger partial charge in [-0.05, 0) is 53.6 Å². The molecule has 19 heavy (non-hydrogen) atoms. The molecule has 1 aliphatic carbocycles. The van der Waals surface area contributed by atoms with Crippen LogP contribution in [0.3, 0.4) is 0 Å². The predicted molar refractivity (Wildman–Crippen MR) is 80.4 cm³/mol. The first kappa shape index (κ1) is 13.1. The summed E-state index contributed by atoms with van der Waals surface area (Å²) in [5, 5.41) is 0.595. The Morgan fingerprint density at radius 2 is 2.00 bits per heavy atom. The smallest absolute Gasteiger partial charge is 0.126 e. The van der Waals surface area contributed by atoms with E-state index in [1.165, 1.54) is 17.2 Å². The van der Waals surface area contributed by atoms with Gasteiger partial charge in [0.25, 0.3) is 0 Å². The Bertz CT molecular complexity index is 611. The van der Waals surface area contributed by atoms with Crippen LogP contribution < -0.4 is 0 Å². The monoisotopic (exact) mass is 338 g/mol. The molecular formula is C16H13BrClF. The number of fused-ring (bicyclic) bond motifs is 1. The van der Waals surface area contributed by atoms with Gasteiger partial charge < -0.3 is 0 Å². The molecule has 98 valence electrons.